The molecule has 0 atom stereocenters. The molecule has 3 rings (SSSR count). The summed E-state index contributed by atoms with van der Waals surface area (Å²) in [7, 11) is 0. The summed E-state index contributed by atoms with van der Waals surface area (Å²) in [5, 5.41) is 0.146. The molecule has 1 fully saturated rings. The topological polar surface area (TPSA) is 20.3 Å². The van der Waals surface area contributed by atoms with Crippen LogP contribution in [0.3, 0.4) is 0 Å². The predicted molar refractivity (Wildman–Crippen MR) is 81.2 cm³/mol. The van der Waals surface area contributed by atoms with Gasteiger partial charge in [-0.1, -0.05) is 29.8 Å². The highest BCUT2D eigenvalue weighted by Crippen LogP contribution is 2.22. The zero-order chi connectivity index (χ0) is 14.8. The van der Waals surface area contributed by atoms with Crippen molar-refractivity contribution in [3.63, 3.8) is 0 Å². The van der Waals surface area contributed by atoms with Crippen LogP contribution >= 0.6 is 11.6 Å². The van der Waals surface area contributed by atoms with Crippen LogP contribution in [-0.4, -0.2) is 23.8 Å². The molecule has 21 heavy (non-hydrogen) atoms. The quantitative estimate of drug-likeness (QED) is 0.798. The number of hydrogen-bond acceptors (Lipinski definition) is 2. The molecule has 1 aliphatic heterocycles. The van der Waals surface area contributed by atoms with Crippen LogP contribution in [0, 0.1) is 5.82 Å². The number of benzene rings is 2. The Morgan fingerprint density at radius 3 is 2.67 bits per heavy atom. The summed E-state index contributed by atoms with van der Waals surface area (Å²) in [6.45, 7) is 3.09. The molecular weight excluding hydrogens is 289 g/mol. The molecule has 2 aromatic rings. The van der Waals surface area contributed by atoms with Gasteiger partial charge in [-0.25, -0.2) is 4.39 Å². The molecule has 0 bridgehead atoms. The molecule has 2 nitrogen and oxygen atoms in total. The predicted octanol–water partition coefficient (Wildman–Crippen LogP) is 3.92. The van der Waals surface area contributed by atoms with Crippen molar-refractivity contribution in [2.24, 2.45) is 0 Å². The lowest BCUT2D eigenvalue weighted by Gasteiger charge is -2.30. The van der Waals surface area contributed by atoms with Gasteiger partial charge in [0, 0.05) is 17.7 Å². The first kappa shape index (κ1) is 14.2. The van der Waals surface area contributed by atoms with Gasteiger partial charge in [0.05, 0.1) is 5.02 Å². The van der Waals surface area contributed by atoms with E-state index < -0.39 is 5.82 Å². The number of carbonyl (C=O) groups is 1. The van der Waals surface area contributed by atoms with E-state index in [0.29, 0.717) is 11.1 Å². The summed E-state index contributed by atoms with van der Waals surface area (Å²) in [4.78, 5) is 14.8. The van der Waals surface area contributed by atoms with E-state index >= 15 is 0 Å². The second-order valence-electron chi connectivity index (χ2n) is 5.28. The summed E-state index contributed by atoms with van der Waals surface area (Å²) < 4.78 is 13.1. The Morgan fingerprint density at radius 2 is 2.00 bits per heavy atom. The molecule has 108 valence electrons. The number of hydrogen-bond donors (Lipinski definition) is 0. The lowest BCUT2D eigenvalue weighted by molar-refractivity contribution is 0.103. The van der Waals surface area contributed by atoms with Crippen molar-refractivity contribution in [1.29, 1.82) is 0 Å². The van der Waals surface area contributed by atoms with E-state index in [9.17, 15) is 9.18 Å². The van der Waals surface area contributed by atoms with Crippen molar-refractivity contribution in [1.82, 2.24) is 4.90 Å². The minimum Gasteiger partial charge on any atom is -0.299 e. The average Bonchev–Trinajstić information content (AvgIpc) is 2.43. The van der Waals surface area contributed by atoms with Crippen LogP contribution in [-0.2, 0) is 6.54 Å². The minimum atomic E-state index is -0.442. The Bertz CT molecular complexity index is 682. The van der Waals surface area contributed by atoms with Crippen LogP contribution in [0.15, 0.2) is 42.5 Å². The van der Waals surface area contributed by atoms with Gasteiger partial charge in [0.25, 0.3) is 0 Å². The SMILES string of the molecule is O=C(c1cccc(CN2CCC2)c1)c1ccc(F)cc1Cl. The summed E-state index contributed by atoms with van der Waals surface area (Å²) in [6, 6.07) is 11.4. The van der Waals surface area contributed by atoms with Gasteiger partial charge in [-0.3, -0.25) is 9.69 Å². The monoisotopic (exact) mass is 303 g/mol. The largest absolute Gasteiger partial charge is 0.299 e. The summed E-state index contributed by atoms with van der Waals surface area (Å²) >= 11 is 5.96. The zero-order valence-electron chi connectivity index (χ0n) is 11.5. The molecule has 0 spiro atoms. The Labute approximate surface area is 128 Å². The fraction of sp³-hybridized carbons (Fsp3) is 0.235. The van der Waals surface area contributed by atoms with Gasteiger partial charge in [-0.2, -0.15) is 0 Å². The fourth-order valence-electron chi connectivity index (χ4n) is 2.44. The van der Waals surface area contributed by atoms with Gasteiger partial charge in [-0.15, -0.1) is 0 Å². The van der Waals surface area contributed by atoms with Crippen LogP contribution in [0.4, 0.5) is 4.39 Å². The van der Waals surface area contributed by atoms with Gasteiger partial charge in [0.2, 0.25) is 0 Å². The maximum Gasteiger partial charge on any atom is 0.194 e. The van der Waals surface area contributed by atoms with Crippen molar-refractivity contribution < 1.29 is 9.18 Å². The van der Waals surface area contributed by atoms with Crippen LogP contribution in [0.25, 0.3) is 0 Å². The van der Waals surface area contributed by atoms with E-state index in [0.717, 1.165) is 25.2 Å². The third-order valence-electron chi connectivity index (χ3n) is 3.72. The van der Waals surface area contributed by atoms with E-state index in [2.05, 4.69) is 4.90 Å². The molecule has 0 aromatic heterocycles. The molecular formula is C17H15ClFNO. The maximum atomic E-state index is 13.1. The van der Waals surface area contributed by atoms with E-state index in [1.807, 2.05) is 18.2 Å². The molecule has 2 aromatic carbocycles. The van der Waals surface area contributed by atoms with E-state index in [-0.39, 0.29) is 10.8 Å². The molecule has 0 N–H and O–H groups in total. The number of likely N-dealkylation sites (tertiary alicyclic amines) is 1. The second-order valence-corrected chi connectivity index (χ2v) is 5.69. The van der Waals surface area contributed by atoms with Gasteiger partial charge < -0.3 is 0 Å². The third kappa shape index (κ3) is 3.14. The standard InChI is InChI=1S/C17H15ClFNO/c18-16-10-14(19)5-6-15(16)17(21)13-4-1-3-12(9-13)11-20-7-2-8-20/h1,3-6,9-10H,2,7-8,11H2. The van der Waals surface area contributed by atoms with E-state index in [1.54, 1.807) is 6.07 Å². The summed E-state index contributed by atoms with van der Waals surface area (Å²) in [6.07, 6.45) is 1.24. The summed E-state index contributed by atoms with van der Waals surface area (Å²) in [5.74, 6) is -0.617. The highest BCUT2D eigenvalue weighted by atomic mass is 35.5. The van der Waals surface area contributed by atoms with Crippen molar-refractivity contribution >= 4 is 17.4 Å². The Balaban J connectivity index is 1.85. The first-order chi connectivity index (χ1) is 10.1. The average molecular weight is 304 g/mol. The minimum absolute atomic E-state index is 0.146. The van der Waals surface area contributed by atoms with E-state index in [1.165, 1.54) is 24.6 Å². The molecule has 4 heteroatoms. The maximum absolute atomic E-state index is 13.1. The Kier molecular flexibility index (Phi) is 4.04. The van der Waals surface area contributed by atoms with E-state index in [4.69, 9.17) is 11.6 Å². The molecule has 1 saturated heterocycles. The van der Waals surface area contributed by atoms with Crippen molar-refractivity contribution in [3.05, 3.63) is 70.0 Å². The lowest BCUT2D eigenvalue weighted by atomic mass is 10.0. The van der Waals surface area contributed by atoms with Crippen LogP contribution in [0.5, 0.6) is 0 Å². The van der Waals surface area contributed by atoms with Crippen LogP contribution in [0.2, 0.25) is 5.02 Å². The first-order valence-electron chi connectivity index (χ1n) is 6.94. The number of nitrogens with zero attached hydrogens (tertiary/aromatic N) is 1. The summed E-state index contributed by atoms with van der Waals surface area (Å²) in [5.41, 5.74) is 2.03. The number of rotatable bonds is 4. The smallest absolute Gasteiger partial charge is 0.194 e. The Hall–Kier alpha value is -1.71. The van der Waals surface area contributed by atoms with Crippen LogP contribution < -0.4 is 0 Å². The van der Waals surface area contributed by atoms with Crippen molar-refractivity contribution in [2.75, 3.05) is 13.1 Å². The highest BCUT2D eigenvalue weighted by Gasteiger charge is 2.16. The number of ketones is 1. The molecule has 1 aliphatic rings. The van der Waals surface area contributed by atoms with Gasteiger partial charge in [0.15, 0.2) is 5.78 Å². The molecule has 0 amide bonds. The molecule has 0 radical (unpaired) electrons. The molecule has 1 heterocycles. The van der Waals surface area contributed by atoms with Gasteiger partial charge in [0.1, 0.15) is 5.82 Å². The second kappa shape index (κ2) is 5.96. The highest BCUT2D eigenvalue weighted by molar-refractivity contribution is 6.35. The van der Waals surface area contributed by atoms with Crippen molar-refractivity contribution in [2.45, 2.75) is 13.0 Å². The Morgan fingerprint density at radius 1 is 1.19 bits per heavy atom. The number of halogens is 2. The van der Waals surface area contributed by atoms with Crippen molar-refractivity contribution in [3.8, 4) is 0 Å². The number of carbonyl (C=O) groups excluding carboxylic acids is 1. The van der Waals surface area contributed by atoms with Crippen LogP contribution in [0.1, 0.15) is 27.9 Å². The van der Waals surface area contributed by atoms with Gasteiger partial charge >= 0.3 is 0 Å². The lowest BCUT2D eigenvalue weighted by Crippen LogP contribution is -2.36. The molecule has 0 aliphatic carbocycles. The first-order valence-corrected chi connectivity index (χ1v) is 7.32. The molecule has 0 unspecified atom stereocenters. The zero-order valence-corrected chi connectivity index (χ0v) is 12.2. The van der Waals surface area contributed by atoms with Gasteiger partial charge in [-0.05, 0) is 49.3 Å². The normalized spacial score (nSPS) is 14.8. The molecule has 0 saturated carbocycles. The fourth-order valence-corrected chi connectivity index (χ4v) is 2.69. The third-order valence-corrected chi connectivity index (χ3v) is 4.03.